The minimum Gasteiger partial charge on any atom is -0.465 e. The molecule has 0 aliphatic rings. The van der Waals surface area contributed by atoms with Gasteiger partial charge in [0.05, 0.1) is 6.61 Å². The lowest BCUT2D eigenvalue weighted by Gasteiger charge is -2.28. The van der Waals surface area contributed by atoms with Crippen molar-refractivity contribution in [3.63, 3.8) is 0 Å². The molecule has 6 heteroatoms. The number of hydrogen-bond donors (Lipinski definition) is 1. The number of alkyl halides is 3. The molecule has 17 heavy (non-hydrogen) atoms. The molecule has 1 atom stereocenters. The lowest BCUT2D eigenvalue weighted by molar-refractivity contribution is -0.153. The third-order valence-electron chi connectivity index (χ3n) is 2.43. The molecule has 0 spiro atoms. The van der Waals surface area contributed by atoms with Crippen LogP contribution in [0.4, 0.5) is 13.2 Å². The van der Waals surface area contributed by atoms with Gasteiger partial charge in [0.15, 0.2) is 0 Å². The fraction of sp³-hybridized carbons (Fsp3) is 0.909. The van der Waals surface area contributed by atoms with E-state index in [0.717, 1.165) is 0 Å². The Morgan fingerprint density at radius 1 is 1.24 bits per heavy atom. The second-order valence-electron chi connectivity index (χ2n) is 4.05. The Hall–Kier alpha value is -0.780. The van der Waals surface area contributed by atoms with Gasteiger partial charge in [0.2, 0.25) is 0 Å². The summed E-state index contributed by atoms with van der Waals surface area (Å²) in [5.41, 5.74) is -1.03. The maximum absolute atomic E-state index is 12.0. The maximum atomic E-state index is 12.0. The fourth-order valence-corrected chi connectivity index (χ4v) is 1.59. The van der Waals surface area contributed by atoms with Gasteiger partial charge in [-0.25, -0.2) is 0 Å². The van der Waals surface area contributed by atoms with Crippen molar-refractivity contribution in [1.82, 2.24) is 5.32 Å². The number of halogens is 3. The van der Waals surface area contributed by atoms with E-state index >= 15 is 0 Å². The van der Waals surface area contributed by atoms with Gasteiger partial charge in [-0.1, -0.05) is 6.92 Å². The molecule has 0 amide bonds. The van der Waals surface area contributed by atoms with Crippen molar-refractivity contribution < 1.29 is 22.7 Å². The molecule has 0 bridgehead atoms. The minimum atomic E-state index is -4.18. The lowest BCUT2D eigenvalue weighted by Crippen LogP contribution is -2.50. The average molecular weight is 255 g/mol. The van der Waals surface area contributed by atoms with Gasteiger partial charge in [-0.15, -0.1) is 0 Å². The van der Waals surface area contributed by atoms with Crippen molar-refractivity contribution in [3.8, 4) is 0 Å². The van der Waals surface area contributed by atoms with Gasteiger partial charge in [0.25, 0.3) is 0 Å². The summed E-state index contributed by atoms with van der Waals surface area (Å²) < 4.78 is 40.9. The van der Waals surface area contributed by atoms with Crippen molar-refractivity contribution in [3.05, 3.63) is 0 Å². The van der Waals surface area contributed by atoms with E-state index in [9.17, 15) is 18.0 Å². The quantitative estimate of drug-likeness (QED) is 0.711. The number of rotatable bonds is 7. The van der Waals surface area contributed by atoms with Crippen molar-refractivity contribution in [2.45, 2.75) is 51.7 Å². The molecule has 0 saturated carbocycles. The number of likely N-dealkylation sites (N-methyl/N-ethyl adjacent to an activating group) is 1. The van der Waals surface area contributed by atoms with Crippen LogP contribution in [0.5, 0.6) is 0 Å². The normalized spacial score (nSPS) is 15.4. The number of nitrogens with one attached hydrogen (secondary N) is 1. The number of esters is 1. The lowest BCUT2D eigenvalue weighted by atomic mass is 9.94. The molecule has 3 nitrogen and oxygen atoms in total. The summed E-state index contributed by atoms with van der Waals surface area (Å²) in [5, 5.41) is 2.89. The Balaban J connectivity index is 4.35. The molecule has 1 N–H and O–H groups in total. The van der Waals surface area contributed by atoms with E-state index in [0.29, 0.717) is 6.54 Å². The van der Waals surface area contributed by atoms with Crippen LogP contribution in [0.25, 0.3) is 0 Å². The summed E-state index contributed by atoms with van der Waals surface area (Å²) >= 11 is 0. The molecule has 0 heterocycles. The van der Waals surface area contributed by atoms with Crippen LogP contribution in [0, 0.1) is 0 Å². The van der Waals surface area contributed by atoms with E-state index in [-0.39, 0.29) is 19.4 Å². The topological polar surface area (TPSA) is 38.3 Å². The minimum absolute atomic E-state index is 0.0915. The first-order chi connectivity index (χ1) is 7.75. The van der Waals surface area contributed by atoms with Crippen LogP contribution < -0.4 is 5.32 Å². The highest BCUT2D eigenvalue weighted by molar-refractivity contribution is 5.80. The Morgan fingerprint density at radius 2 is 1.82 bits per heavy atom. The number of carbonyl (C=O) groups excluding carboxylic acids is 1. The first-order valence-corrected chi connectivity index (χ1v) is 5.74. The van der Waals surface area contributed by atoms with E-state index in [1.54, 1.807) is 20.8 Å². The summed E-state index contributed by atoms with van der Waals surface area (Å²) in [6.07, 6.45) is -5.04. The van der Waals surface area contributed by atoms with Gasteiger partial charge in [-0.05, 0) is 33.2 Å². The second kappa shape index (κ2) is 6.83. The van der Waals surface area contributed by atoms with Crippen LogP contribution in [-0.2, 0) is 9.53 Å². The third kappa shape index (κ3) is 6.51. The smallest absolute Gasteiger partial charge is 0.389 e. The Kier molecular flexibility index (Phi) is 6.52. The van der Waals surface area contributed by atoms with Crippen LogP contribution in [0.15, 0.2) is 0 Å². The highest BCUT2D eigenvalue weighted by atomic mass is 19.4. The summed E-state index contributed by atoms with van der Waals surface area (Å²) in [6, 6.07) is 0. The first-order valence-electron chi connectivity index (χ1n) is 5.74. The molecule has 0 aromatic rings. The monoisotopic (exact) mass is 255 g/mol. The summed E-state index contributed by atoms with van der Waals surface area (Å²) in [7, 11) is 0. The van der Waals surface area contributed by atoms with Gasteiger partial charge in [-0.3, -0.25) is 4.79 Å². The number of ether oxygens (including phenoxy) is 1. The van der Waals surface area contributed by atoms with Gasteiger partial charge in [0.1, 0.15) is 5.54 Å². The molecule has 102 valence electrons. The molecule has 0 aliphatic carbocycles. The molecule has 0 aliphatic heterocycles. The van der Waals surface area contributed by atoms with Crippen molar-refractivity contribution in [1.29, 1.82) is 0 Å². The van der Waals surface area contributed by atoms with Crippen molar-refractivity contribution in [2.24, 2.45) is 0 Å². The van der Waals surface area contributed by atoms with E-state index in [2.05, 4.69) is 5.32 Å². The molecule has 0 rings (SSSR count). The molecule has 0 radical (unpaired) electrons. The fourth-order valence-electron chi connectivity index (χ4n) is 1.59. The predicted molar refractivity (Wildman–Crippen MR) is 58.6 cm³/mol. The zero-order valence-corrected chi connectivity index (χ0v) is 10.5. The van der Waals surface area contributed by atoms with Crippen LogP contribution in [-0.4, -0.2) is 30.8 Å². The molecule has 0 aromatic carbocycles. The van der Waals surface area contributed by atoms with Gasteiger partial charge < -0.3 is 10.1 Å². The average Bonchev–Trinajstić information content (AvgIpc) is 2.16. The van der Waals surface area contributed by atoms with E-state index in [1.807, 2.05) is 0 Å². The van der Waals surface area contributed by atoms with Crippen molar-refractivity contribution in [2.75, 3.05) is 13.2 Å². The van der Waals surface area contributed by atoms with Crippen molar-refractivity contribution >= 4 is 5.97 Å². The summed E-state index contributed by atoms with van der Waals surface area (Å²) in [6.45, 7) is 5.76. The van der Waals surface area contributed by atoms with Gasteiger partial charge >= 0.3 is 12.1 Å². The highest BCUT2D eigenvalue weighted by Crippen LogP contribution is 2.25. The molecular formula is C11H20F3NO2. The predicted octanol–water partition coefficient (Wildman–Crippen LogP) is 2.65. The Labute approximate surface area is 99.7 Å². The van der Waals surface area contributed by atoms with E-state index < -0.39 is 24.1 Å². The largest absolute Gasteiger partial charge is 0.465 e. The Bertz CT molecular complexity index is 243. The third-order valence-corrected chi connectivity index (χ3v) is 2.43. The van der Waals surface area contributed by atoms with Gasteiger partial charge in [-0.2, -0.15) is 13.2 Å². The standard InChI is InChI=1S/C11H20F3NO2/c1-4-15-10(3,9(16)17-5-2)7-6-8-11(12,13)14/h15H,4-8H2,1-3H3. The Morgan fingerprint density at radius 3 is 2.24 bits per heavy atom. The van der Waals surface area contributed by atoms with E-state index in [4.69, 9.17) is 4.74 Å². The molecule has 0 aromatic heterocycles. The summed E-state index contributed by atoms with van der Waals surface area (Å²) in [5.74, 6) is -0.496. The highest BCUT2D eigenvalue weighted by Gasteiger charge is 2.35. The second-order valence-corrected chi connectivity index (χ2v) is 4.05. The number of carbonyl (C=O) groups is 1. The molecule has 1 unspecified atom stereocenters. The zero-order chi connectivity index (χ0) is 13.5. The summed E-state index contributed by atoms with van der Waals surface area (Å²) in [4.78, 5) is 11.6. The molecule has 0 fully saturated rings. The van der Waals surface area contributed by atoms with Crippen LogP contribution >= 0.6 is 0 Å². The molecular weight excluding hydrogens is 235 g/mol. The van der Waals surface area contributed by atoms with E-state index in [1.165, 1.54) is 0 Å². The molecule has 0 saturated heterocycles. The van der Waals surface area contributed by atoms with Crippen LogP contribution in [0.2, 0.25) is 0 Å². The van der Waals surface area contributed by atoms with Crippen LogP contribution in [0.1, 0.15) is 40.0 Å². The SMILES string of the molecule is CCNC(C)(CCCC(F)(F)F)C(=O)OCC. The first kappa shape index (κ1) is 16.2. The number of hydrogen-bond acceptors (Lipinski definition) is 3. The maximum Gasteiger partial charge on any atom is 0.389 e. The van der Waals surface area contributed by atoms with Crippen LogP contribution in [0.3, 0.4) is 0 Å². The zero-order valence-electron chi connectivity index (χ0n) is 10.5. The van der Waals surface area contributed by atoms with Gasteiger partial charge in [0, 0.05) is 6.42 Å².